The van der Waals surface area contributed by atoms with E-state index in [4.69, 9.17) is 4.42 Å². The Balaban J connectivity index is 1.75. The SMILES string of the molecule is O=[N+]([O-])c1ccccc1-c1ccc(CNC2(CO)CCCC2)o1. The number of nitro groups is 1. The molecule has 0 radical (unpaired) electrons. The van der Waals surface area contributed by atoms with Gasteiger partial charge < -0.3 is 14.8 Å². The van der Waals surface area contributed by atoms with Crippen molar-refractivity contribution in [1.82, 2.24) is 5.32 Å². The minimum Gasteiger partial charge on any atom is -0.459 e. The highest BCUT2D eigenvalue weighted by Gasteiger charge is 2.32. The summed E-state index contributed by atoms with van der Waals surface area (Å²) in [5.41, 5.74) is 0.288. The number of rotatable bonds is 6. The van der Waals surface area contributed by atoms with Gasteiger partial charge in [0.1, 0.15) is 11.5 Å². The van der Waals surface area contributed by atoms with Crippen LogP contribution in [0.25, 0.3) is 11.3 Å². The maximum Gasteiger partial charge on any atom is 0.280 e. The topological polar surface area (TPSA) is 88.5 Å². The molecule has 1 saturated carbocycles. The van der Waals surface area contributed by atoms with Gasteiger partial charge in [-0.1, -0.05) is 25.0 Å². The van der Waals surface area contributed by atoms with Gasteiger partial charge in [-0.25, -0.2) is 0 Å². The van der Waals surface area contributed by atoms with Crippen molar-refractivity contribution in [2.24, 2.45) is 0 Å². The number of nitrogens with zero attached hydrogens (tertiary/aromatic N) is 1. The Bertz CT molecular complexity index is 689. The van der Waals surface area contributed by atoms with Crippen LogP contribution in [0.1, 0.15) is 31.4 Å². The Kier molecular flexibility index (Phi) is 4.45. The Morgan fingerprint density at radius 1 is 1.22 bits per heavy atom. The number of hydrogen-bond acceptors (Lipinski definition) is 5. The van der Waals surface area contributed by atoms with Crippen molar-refractivity contribution < 1.29 is 14.4 Å². The van der Waals surface area contributed by atoms with Gasteiger partial charge in [0.15, 0.2) is 0 Å². The lowest BCUT2D eigenvalue weighted by Crippen LogP contribution is -2.45. The van der Waals surface area contributed by atoms with Crippen LogP contribution >= 0.6 is 0 Å². The van der Waals surface area contributed by atoms with Crippen LogP contribution in [0, 0.1) is 10.1 Å². The normalized spacial score (nSPS) is 16.6. The Morgan fingerprint density at radius 2 is 1.96 bits per heavy atom. The average Bonchev–Trinajstić information content (AvgIpc) is 3.23. The van der Waals surface area contributed by atoms with Crippen LogP contribution in [-0.4, -0.2) is 22.2 Å². The first kappa shape index (κ1) is 15.7. The molecule has 1 aliphatic carbocycles. The van der Waals surface area contributed by atoms with E-state index in [1.165, 1.54) is 6.07 Å². The summed E-state index contributed by atoms with van der Waals surface area (Å²) in [6.45, 7) is 0.617. The minimum atomic E-state index is -0.408. The molecule has 0 aliphatic heterocycles. The highest BCUT2D eigenvalue weighted by Crippen LogP contribution is 2.32. The molecule has 0 bridgehead atoms. The fourth-order valence-corrected chi connectivity index (χ4v) is 3.18. The molecule has 122 valence electrons. The lowest BCUT2D eigenvalue weighted by atomic mass is 9.99. The van der Waals surface area contributed by atoms with E-state index in [1.54, 1.807) is 24.3 Å². The third kappa shape index (κ3) is 3.28. The van der Waals surface area contributed by atoms with E-state index in [9.17, 15) is 15.2 Å². The van der Waals surface area contributed by atoms with Crippen molar-refractivity contribution in [3.63, 3.8) is 0 Å². The molecule has 2 N–H and O–H groups in total. The van der Waals surface area contributed by atoms with E-state index in [1.807, 2.05) is 6.07 Å². The van der Waals surface area contributed by atoms with Crippen molar-refractivity contribution in [3.05, 3.63) is 52.3 Å². The second kappa shape index (κ2) is 6.52. The lowest BCUT2D eigenvalue weighted by Gasteiger charge is -2.27. The maximum atomic E-state index is 11.1. The van der Waals surface area contributed by atoms with Gasteiger partial charge in [0.2, 0.25) is 0 Å². The van der Waals surface area contributed by atoms with E-state index in [0.29, 0.717) is 23.6 Å². The quantitative estimate of drug-likeness (QED) is 0.631. The molecule has 1 aliphatic rings. The molecule has 6 nitrogen and oxygen atoms in total. The van der Waals surface area contributed by atoms with Gasteiger partial charge in [-0.3, -0.25) is 10.1 Å². The zero-order valence-electron chi connectivity index (χ0n) is 12.8. The summed E-state index contributed by atoms with van der Waals surface area (Å²) in [5.74, 6) is 1.19. The summed E-state index contributed by atoms with van der Waals surface area (Å²) in [4.78, 5) is 10.7. The standard InChI is InChI=1S/C17H20N2O4/c20-12-17(9-3-4-10-17)18-11-13-7-8-16(23-13)14-5-1-2-6-15(14)19(21)22/h1-2,5-8,18,20H,3-4,9-12H2. The van der Waals surface area contributed by atoms with Crippen LogP contribution in [0.15, 0.2) is 40.8 Å². The zero-order chi connectivity index (χ0) is 16.3. The van der Waals surface area contributed by atoms with Gasteiger partial charge >= 0.3 is 0 Å². The number of hydrogen-bond donors (Lipinski definition) is 2. The Morgan fingerprint density at radius 3 is 2.65 bits per heavy atom. The molecule has 23 heavy (non-hydrogen) atoms. The zero-order valence-corrected chi connectivity index (χ0v) is 12.8. The number of aliphatic hydroxyl groups excluding tert-OH is 1. The van der Waals surface area contributed by atoms with Crippen LogP contribution in [0.3, 0.4) is 0 Å². The maximum absolute atomic E-state index is 11.1. The van der Waals surface area contributed by atoms with Crippen LogP contribution in [0.2, 0.25) is 0 Å². The highest BCUT2D eigenvalue weighted by molar-refractivity contribution is 5.69. The smallest absolute Gasteiger partial charge is 0.280 e. The first-order valence-corrected chi connectivity index (χ1v) is 7.82. The Hall–Kier alpha value is -2.18. The van der Waals surface area contributed by atoms with Gasteiger partial charge in [0, 0.05) is 11.6 Å². The van der Waals surface area contributed by atoms with Crippen LogP contribution in [0.5, 0.6) is 0 Å². The second-order valence-corrected chi connectivity index (χ2v) is 6.04. The van der Waals surface area contributed by atoms with E-state index in [0.717, 1.165) is 25.7 Å². The number of nitro benzene ring substituents is 1. The molecule has 2 aromatic rings. The average molecular weight is 316 g/mol. The molecule has 0 amide bonds. The van der Waals surface area contributed by atoms with Crippen molar-refractivity contribution in [3.8, 4) is 11.3 Å². The van der Waals surface area contributed by atoms with Crippen LogP contribution in [0.4, 0.5) is 5.69 Å². The van der Waals surface area contributed by atoms with Crippen molar-refractivity contribution >= 4 is 5.69 Å². The number of aliphatic hydroxyl groups is 1. The van der Waals surface area contributed by atoms with Crippen LogP contribution in [-0.2, 0) is 6.54 Å². The van der Waals surface area contributed by atoms with E-state index in [2.05, 4.69) is 5.32 Å². The van der Waals surface area contributed by atoms with Gasteiger partial charge in [-0.15, -0.1) is 0 Å². The summed E-state index contributed by atoms with van der Waals surface area (Å²) in [6.07, 6.45) is 4.16. The van der Waals surface area contributed by atoms with E-state index < -0.39 is 4.92 Å². The largest absolute Gasteiger partial charge is 0.459 e. The lowest BCUT2D eigenvalue weighted by molar-refractivity contribution is -0.384. The molecular weight excluding hydrogens is 296 g/mol. The number of nitrogens with one attached hydrogen (secondary N) is 1. The highest BCUT2D eigenvalue weighted by atomic mass is 16.6. The van der Waals surface area contributed by atoms with Gasteiger partial charge in [0.25, 0.3) is 5.69 Å². The summed E-state index contributed by atoms with van der Waals surface area (Å²) in [6, 6.07) is 10.1. The molecule has 1 aromatic carbocycles. The predicted octanol–water partition coefficient (Wildman–Crippen LogP) is 3.25. The second-order valence-electron chi connectivity index (χ2n) is 6.04. The summed E-state index contributed by atoms with van der Waals surface area (Å²) >= 11 is 0. The summed E-state index contributed by atoms with van der Waals surface area (Å²) in [7, 11) is 0. The first-order valence-electron chi connectivity index (χ1n) is 7.82. The molecule has 1 aromatic heterocycles. The fourth-order valence-electron chi connectivity index (χ4n) is 3.18. The van der Waals surface area contributed by atoms with Crippen molar-refractivity contribution in [1.29, 1.82) is 0 Å². The number of para-hydroxylation sites is 1. The molecule has 1 fully saturated rings. The molecule has 1 heterocycles. The first-order chi connectivity index (χ1) is 11.1. The van der Waals surface area contributed by atoms with E-state index in [-0.39, 0.29) is 17.8 Å². The number of benzene rings is 1. The molecule has 3 rings (SSSR count). The monoisotopic (exact) mass is 316 g/mol. The molecule has 0 unspecified atom stereocenters. The van der Waals surface area contributed by atoms with Gasteiger partial charge in [0.05, 0.1) is 23.6 Å². The molecule has 0 spiro atoms. The third-order valence-electron chi connectivity index (χ3n) is 4.53. The predicted molar refractivity (Wildman–Crippen MR) is 85.9 cm³/mol. The van der Waals surface area contributed by atoms with Crippen molar-refractivity contribution in [2.45, 2.75) is 37.8 Å². The van der Waals surface area contributed by atoms with Crippen molar-refractivity contribution in [2.75, 3.05) is 6.61 Å². The van der Waals surface area contributed by atoms with Gasteiger partial charge in [-0.2, -0.15) is 0 Å². The molecule has 6 heteroatoms. The molecule has 0 atom stereocenters. The van der Waals surface area contributed by atoms with E-state index >= 15 is 0 Å². The number of furan rings is 1. The minimum absolute atomic E-state index is 0.0315. The summed E-state index contributed by atoms with van der Waals surface area (Å²) < 4.78 is 5.76. The summed E-state index contributed by atoms with van der Waals surface area (Å²) in [5, 5.41) is 24.1. The Labute approximate surface area is 134 Å². The van der Waals surface area contributed by atoms with Crippen LogP contribution < -0.4 is 5.32 Å². The molecular formula is C17H20N2O4. The fraction of sp³-hybridized carbons (Fsp3) is 0.412. The third-order valence-corrected chi connectivity index (χ3v) is 4.53. The molecule has 0 saturated heterocycles. The van der Waals surface area contributed by atoms with Gasteiger partial charge in [-0.05, 0) is 31.0 Å².